The second-order valence-electron chi connectivity index (χ2n) is 4.45. The summed E-state index contributed by atoms with van der Waals surface area (Å²) in [6.45, 7) is 1.05. The molecule has 1 aliphatic heterocycles. The number of rotatable bonds is 1. The van der Waals surface area contributed by atoms with Crippen molar-refractivity contribution < 1.29 is 21.9 Å². The summed E-state index contributed by atoms with van der Waals surface area (Å²) in [6.07, 6.45) is -13.0. The summed E-state index contributed by atoms with van der Waals surface area (Å²) in [5.41, 5.74) is -1.15. The van der Waals surface area contributed by atoms with Gasteiger partial charge in [-0.05, 0) is 49.4 Å². The number of aromatic nitrogens is 2. The van der Waals surface area contributed by atoms with Crippen LogP contribution in [0.2, 0.25) is 0 Å². The molecule has 1 unspecified atom stereocenters. The number of imidazole rings is 1. The topological polar surface area (TPSA) is 47.4 Å². The van der Waals surface area contributed by atoms with Gasteiger partial charge in [-0.2, -0.15) is 0 Å². The van der Waals surface area contributed by atoms with Gasteiger partial charge >= 0.3 is 6.09 Å². The van der Waals surface area contributed by atoms with Gasteiger partial charge < -0.3 is 9.30 Å². The van der Waals surface area contributed by atoms with Crippen LogP contribution < -0.4 is 0 Å². The Bertz CT molecular complexity index is 792. The molecule has 0 aliphatic carbocycles. The minimum atomic E-state index is -3.38. The van der Waals surface area contributed by atoms with Crippen molar-refractivity contribution in [2.75, 3.05) is 6.50 Å². The molecule has 0 radical (unpaired) electrons. The number of ether oxygens (including phenoxy) is 1. The second-order valence-corrected chi connectivity index (χ2v) is 5.20. The molecule has 5 nitrogen and oxygen atoms in total. The van der Waals surface area contributed by atoms with Gasteiger partial charge in [-0.3, -0.25) is 4.90 Å². The Kier molecular flexibility index (Phi) is 1.62. The van der Waals surface area contributed by atoms with Gasteiger partial charge in [0, 0.05) is 20.9 Å². The number of carbonyl (C=O) groups is 1. The van der Waals surface area contributed by atoms with Crippen LogP contribution in [0.4, 0.5) is 4.79 Å². The van der Waals surface area contributed by atoms with Gasteiger partial charge in [-0.1, -0.05) is 0 Å². The third kappa shape index (κ3) is 3.04. The van der Waals surface area contributed by atoms with E-state index >= 15 is 0 Å². The van der Waals surface area contributed by atoms with Crippen LogP contribution in [0.15, 0.2) is 17.1 Å². The molecule has 18 heavy (non-hydrogen) atoms. The standard InChI is InChI=1S/C12H18BrN3O2/c1-12(2,3)18-11(17)16-6-4-5-10(16)15-7-9(13)14-8-15/h7-8,10H,4-6H2,1-3H3/i4D2,5D2,6D2,7D,8D,10D. The van der Waals surface area contributed by atoms with E-state index in [9.17, 15) is 4.79 Å². The van der Waals surface area contributed by atoms with Gasteiger partial charge in [0.05, 0.1) is 9.04 Å². The number of halogens is 1. The zero-order chi connectivity index (χ0) is 21.4. The van der Waals surface area contributed by atoms with Crippen molar-refractivity contribution >= 4 is 22.0 Å². The largest absolute Gasteiger partial charge is 0.444 e. The van der Waals surface area contributed by atoms with Crippen LogP contribution in [0.3, 0.4) is 0 Å². The molecule has 0 N–H and O–H groups in total. The van der Waals surface area contributed by atoms with Crippen LogP contribution in [-0.2, 0) is 4.74 Å². The Labute approximate surface area is 128 Å². The van der Waals surface area contributed by atoms with Gasteiger partial charge in [0.25, 0.3) is 0 Å². The first-order valence-electron chi connectivity index (χ1n) is 9.59. The van der Waals surface area contributed by atoms with Crippen molar-refractivity contribution in [2.24, 2.45) is 0 Å². The van der Waals surface area contributed by atoms with Gasteiger partial charge in [-0.25, -0.2) is 9.78 Å². The fourth-order valence-electron chi connectivity index (χ4n) is 1.18. The summed E-state index contributed by atoms with van der Waals surface area (Å²) < 4.78 is 78.1. The first kappa shape index (κ1) is 5.94. The summed E-state index contributed by atoms with van der Waals surface area (Å²) >= 11 is 2.87. The predicted molar refractivity (Wildman–Crippen MR) is 71.1 cm³/mol. The lowest BCUT2D eigenvalue weighted by molar-refractivity contribution is 0.0163. The predicted octanol–water partition coefficient (Wildman–Crippen LogP) is 3.18. The number of carbonyl (C=O) groups excluding carboxylic acids is 1. The maximum Gasteiger partial charge on any atom is 0.411 e. The van der Waals surface area contributed by atoms with E-state index in [1.165, 1.54) is 20.8 Å². The molecule has 6 heteroatoms. The van der Waals surface area contributed by atoms with Crippen molar-refractivity contribution in [1.82, 2.24) is 14.5 Å². The lowest BCUT2D eigenvalue weighted by atomic mass is 10.2. The zero-order valence-corrected chi connectivity index (χ0v) is 11.6. The third-order valence-corrected chi connectivity index (χ3v) is 2.15. The number of hydrogen-bond donors (Lipinski definition) is 0. The second kappa shape index (κ2) is 4.91. The molecule has 0 bridgehead atoms. The van der Waals surface area contributed by atoms with E-state index in [2.05, 4.69) is 20.9 Å². The fraction of sp³-hybridized carbons (Fsp3) is 0.667. The Morgan fingerprint density at radius 3 is 3.06 bits per heavy atom. The minimum Gasteiger partial charge on any atom is -0.444 e. The van der Waals surface area contributed by atoms with E-state index in [4.69, 9.17) is 17.1 Å². The molecule has 0 aromatic carbocycles. The molecule has 1 atom stereocenters. The highest BCUT2D eigenvalue weighted by molar-refractivity contribution is 9.10. The van der Waals surface area contributed by atoms with Crippen LogP contribution in [-0.4, -0.2) is 32.6 Å². The average Bonchev–Trinajstić information content (AvgIpc) is 2.72. The molecule has 1 aromatic rings. The van der Waals surface area contributed by atoms with E-state index < -0.39 is 49.6 Å². The molecule has 100 valence electrons. The molecule has 1 amide bonds. The fourth-order valence-corrected chi connectivity index (χ4v) is 1.44. The lowest BCUT2D eigenvalue weighted by Crippen LogP contribution is -2.37. The van der Waals surface area contributed by atoms with Crippen LogP contribution in [0, 0.1) is 0 Å². The highest BCUT2D eigenvalue weighted by Crippen LogP contribution is 2.29. The first-order chi connectivity index (χ1) is 11.8. The Morgan fingerprint density at radius 1 is 1.78 bits per heavy atom. The van der Waals surface area contributed by atoms with E-state index in [-0.39, 0.29) is 9.50 Å². The summed E-state index contributed by atoms with van der Waals surface area (Å²) in [6, 6.07) is 0. The molecular formula is C12H18BrN3O2. The minimum absolute atomic E-state index is 0.0462. The summed E-state index contributed by atoms with van der Waals surface area (Å²) in [5, 5.41) is 0. The zero-order valence-electron chi connectivity index (χ0n) is 19.0. The number of likely N-dealkylation sites (tertiary alicyclic amines) is 1. The SMILES string of the molecule is [2H]c1nc(Br)c([2H])n1C1([2H])N(C(=O)OC(C)(C)C)C([2H])([2H])C([2H])([2H])C1([2H])[2H]. The number of hydrogen-bond acceptors (Lipinski definition) is 3. The summed E-state index contributed by atoms with van der Waals surface area (Å²) in [7, 11) is 0. The van der Waals surface area contributed by atoms with E-state index in [1.807, 2.05) is 0 Å². The molecule has 1 aromatic heterocycles. The molecule has 0 spiro atoms. The van der Waals surface area contributed by atoms with E-state index in [1.54, 1.807) is 0 Å². The Hall–Kier alpha value is -1.04. The molecule has 1 saturated heterocycles. The van der Waals surface area contributed by atoms with Crippen molar-refractivity contribution in [1.29, 1.82) is 0 Å². The lowest BCUT2D eigenvalue weighted by Gasteiger charge is -2.29. The average molecular weight is 325 g/mol. The van der Waals surface area contributed by atoms with Crippen LogP contribution in [0.1, 0.15) is 52.0 Å². The first-order valence-corrected chi connectivity index (χ1v) is 5.88. The summed E-state index contributed by atoms with van der Waals surface area (Å²) in [5.74, 6) is 0. The Morgan fingerprint density at radius 2 is 2.50 bits per heavy atom. The van der Waals surface area contributed by atoms with Crippen molar-refractivity contribution in [3.63, 3.8) is 0 Å². The quantitative estimate of drug-likeness (QED) is 0.797. The van der Waals surface area contributed by atoms with Crippen LogP contribution >= 0.6 is 15.9 Å². The normalized spacial score (nSPS) is 40.0. The molecule has 1 fully saturated rings. The van der Waals surface area contributed by atoms with Crippen molar-refractivity contribution in [3.8, 4) is 0 Å². The van der Waals surface area contributed by atoms with Gasteiger partial charge in [0.2, 0.25) is 0 Å². The monoisotopic (exact) mass is 324 g/mol. The third-order valence-electron chi connectivity index (χ3n) is 1.79. The number of amides is 1. The van der Waals surface area contributed by atoms with Crippen LogP contribution in [0.5, 0.6) is 0 Å². The molecule has 2 rings (SSSR count). The van der Waals surface area contributed by atoms with Crippen molar-refractivity contribution in [2.45, 2.75) is 45.3 Å². The van der Waals surface area contributed by atoms with Crippen molar-refractivity contribution in [3.05, 3.63) is 17.1 Å². The molecule has 2 heterocycles. The summed E-state index contributed by atoms with van der Waals surface area (Å²) in [4.78, 5) is 16.2. The van der Waals surface area contributed by atoms with E-state index in [0.717, 1.165) is 0 Å². The maximum atomic E-state index is 12.7. The highest BCUT2D eigenvalue weighted by atomic mass is 79.9. The van der Waals surface area contributed by atoms with Crippen LogP contribution in [0.25, 0.3) is 0 Å². The molecule has 0 saturated carbocycles. The Balaban J connectivity index is 2.86. The molecular weight excluding hydrogens is 298 g/mol. The number of nitrogens with zero attached hydrogens (tertiary/aromatic N) is 3. The smallest absolute Gasteiger partial charge is 0.411 e. The highest BCUT2D eigenvalue weighted by Gasteiger charge is 2.33. The van der Waals surface area contributed by atoms with Gasteiger partial charge in [-0.15, -0.1) is 0 Å². The molecule has 1 aliphatic rings. The van der Waals surface area contributed by atoms with Gasteiger partial charge in [0.15, 0.2) is 0 Å². The maximum absolute atomic E-state index is 12.7. The van der Waals surface area contributed by atoms with Gasteiger partial charge in [0.1, 0.15) is 17.7 Å². The van der Waals surface area contributed by atoms with E-state index in [0.29, 0.717) is 4.57 Å².